The number of benzene rings is 2. The van der Waals surface area contributed by atoms with Crippen LogP contribution in [0.5, 0.6) is 0 Å². The lowest BCUT2D eigenvalue weighted by Crippen LogP contribution is -2.32. The Hall–Kier alpha value is -1.46. The second-order valence-corrected chi connectivity index (χ2v) is 7.58. The molecule has 0 radical (unpaired) electrons. The van der Waals surface area contributed by atoms with E-state index in [0.717, 1.165) is 22.3 Å². The van der Waals surface area contributed by atoms with Gasteiger partial charge in [0.05, 0.1) is 0 Å². The van der Waals surface area contributed by atoms with Gasteiger partial charge in [0.1, 0.15) is 0 Å². The Bertz CT molecular complexity index is 743. The number of halogens is 1. The number of piperidine rings is 1. The summed E-state index contributed by atoms with van der Waals surface area (Å²) in [6.07, 6.45) is 8.10. The van der Waals surface area contributed by atoms with E-state index in [2.05, 4.69) is 66.4 Å². The lowest BCUT2D eigenvalue weighted by atomic mass is 9.95. The minimum absolute atomic E-state index is 0. The minimum atomic E-state index is 0. The van der Waals surface area contributed by atoms with E-state index < -0.39 is 0 Å². The molecule has 26 heavy (non-hydrogen) atoms. The first kappa shape index (κ1) is 20.8. The zero-order valence-corrected chi connectivity index (χ0v) is 17.3. The van der Waals surface area contributed by atoms with Crippen molar-refractivity contribution in [3.63, 3.8) is 0 Å². The molecule has 3 rings (SSSR count). The lowest BCUT2D eigenvalue weighted by molar-refractivity contribution is -0.112. The van der Waals surface area contributed by atoms with E-state index in [9.17, 15) is 4.79 Å². The van der Waals surface area contributed by atoms with Crippen LogP contribution in [0.25, 0.3) is 12.2 Å². The zero-order chi connectivity index (χ0) is 17.6. The van der Waals surface area contributed by atoms with Crippen LogP contribution < -0.4 is 5.32 Å². The SMILES string of the molecule is CSc1ccc(/C=C2/CNC/C(=C\c3ccc(SC)cc3)C2=O)cc1.Cl. The highest BCUT2D eigenvalue weighted by Crippen LogP contribution is 2.21. The molecule has 136 valence electrons. The average molecular weight is 404 g/mol. The van der Waals surface area contributed by atoms with Crippen LogP contribution in [0.4, 0.5) is 0 Å². The third kappa shape index (κ3) is 5.27. The normalized spacial score (nSPS) is 17.4. The summed E-state index contributed by atoms with van der Waals surface area (Å²) in [7, 11) is 0. The van der Waals surface area contributed by atoms with Crippen molar-refractivity contribution in [3.8, 4) is 0 Å². The maximum absolute atomic E-state index is 12.8. The fraction of sp³-hybridized carbons (Fsp3) is 0.190. The van der Waals surface area contributed by atoms with Crippen molar-refractivity contribution < 1.29 is 4.79 Å². The first-order chi connectivity index (χ1) is 12.2. The van der Waals surface area contributed by atoms with Crippen LogP contribution in [-0.4, -0.2) is 31.4 Å². The lowest BCUT2D eigenvalue weighted by Gasteiger charge is -2.18. The van der Waals surface area contributed by atoms with Gasteiger partial charge in [0.15, 0.2) is 5.78 Å². The molecule has 1 saturated heterocycles. The molecule has 2 aromatic rings. The van der Waals surface area contributed by atoms with E-state index in [1.165, 1.54) is 9.79 Å². The molecule has 0 aromatic heterocycles. The van der Waals surface area contributed by atoms with Gasteiger partial charge in [-0.2, -0.15) is 0 Å². The number of carbonyl (C=O) groups is 1. The first-order valence-electron chi connectivity index (χ1n) is 8.14. The highest BCUT2D eigenvalue weighted by atomic mass is 35.5. The molecular formula is C21H22ClNOS2. The molecule has 1 heterocycles. The Kier molecular flexibility index (Phi) is 8.04. The van der Waals surface area contributed by atoms with Crippen molar-refractivity contribution >= 4 is 53.9 Å². The van der Waals surface area contributed by atoms with Gasteiger partial charge in [-0.25, -0.2) is 0 Å². The predicted molar refractivity (Wildman–Crippen MR) is 118 cm³/mol. The molecule has 0 bridgehead atoms. The second kappa shape index (κ2) is 10.0. The van der Waals surface area contributed by atoms with Crippen LogP contribution in [0.1, 0.15) is 11.1 Å². The van der Waals surface area contributed by atoms with Gasteiger partial charge in [-0.3, -0.25) is 4.79 Å². The summed E-state index contributed by atoms with van der Waals surface area (Å²) in [5, 5.41) is 3.34. The number of carbonyl (C=O) groups excluding carboxylic acids is 1. The summed E-state index contributed by atoms with van der Waals surface area (Å²) in [5.41, 5.74) is 3.76. The Morgan fingerprint density at radius 2 is 1.15 bits per heavy atom. The van der Waals surface area contributed by atoms with Gasteiger partial charge in [-0.15, -0.1) is 35.9 Å². The summed E-state index contributed by atoms with van der Waals surface area (Å²) in [5.74, 6) is 0.140. The quantitative estimate of drug-likeness (QED) is 0.561. The number of thioether (sulfide) groups is 2. The highest BCUT2D eigenvalue weighted by Gasteiger charge is 2.20. The summed E-state index contributed by atoms with van der Waals surface area (Å²) in [4.78, 5) is 15.2. The first-order valence-corrected chi connectivity index (χ1v) is 10.6. The molecule has 0 atom stereocenters. The van der Waals surface area contributed by atoms with E-state index in [1.54, 1.807) is 23.5 Å². The van der Waals surface area contributed by atoms with Crippen LogP contribution in [0, 0.1) is 0 Å². The summed E-state index contributed by atoms with van der Waals surface area (Å²) in [6, 6.07) is 16.6. The molecule has 2 aromatic carbocycles. The Morgan fingerprint density at radius 3 is 1.50 bits per heavy atom. The average Bonchev–Trinajstić information content (AvgIpc) is 2.66. The highest BCUT2D eigenvalue weighted by molar-refractivity contribution is 7.98. The van der Waals surface area contributed by atoms with E-state index >= 15 is 0 Å². The summed E-state index contributed by atoms with van der Waals surface area (Å²) < 4.78 is 0. The summed E-state index contributed by atoms with van der Waals surface area (Å²) >= 11 is 3.44. The molecular weight excluding hydrogens is 382 g/mol. The van der Waals surface area contributed by atoms with E-state index in [0.29, 0.717) is 13.1 Å². The number of Topliss-reactive ketones (excluding diaryl/α,β-unsaturated/α-hetero) is 1. The third-order valence-electron chi connectivity index (χ3n) is 4.13. The fourth-order valence-electron chi connectivity index (χ4n) is 2.73. The maximum atomic E-state index is 12.8. The standard InChI is InChI=1S/C21H21NOS2.ClH/c1-24-19-7-3-15(4-8-19)11-17-13-22-14-18(21(17)23)12-16-5-9-20(25-2)10-6-16;/h3-12,22H,13-14H2,1-2H3;1H/b17-11-,18-12+;. The number of nitrogens with one attached hydrogen (secondary N) is 1. The van der Waals surface area contributed by atoms with E-state index in [4.69, 9.17) is 0 Å². The molecule has 5 heteroatoms. The molecule has 1 aliphatic heterocycles. The molecule has 1 aliphatic rings. The number of hydrogen-bond acceptors (Lipinski definition) is 4. The van der Waals surface area contributed by atoms with Crippen LogP contribution in [0.15, 0.2) is 69.5 Å². The van der Waals surface area contributed by atoms with E-state index in [1.807, 2.05) is 12.2 Å². The monoisotopic (exact) mass is 403 g/mol. The molecule has 1 fully saturated rings. The van der Waals surface area contributed by atoms with Crippen LogP contribution >= 0.6 is 35.9 Å². The van der Waals surface area contributed by atoms with Crippen molar-refractivity contribution in [2.75, 3.05) is 25.6 Å². The van der Waals surface area contributed by atoms with Crippen molar-refractivity contribution in [1.29, 1.82) is 0 Å². The summed E-state index contributed by atoms with van der Waals surface area (Å²) in [6.45, 7) is 1.23. The number of ketones is 1. The Morgan fingerprint density at radius 1 is 0.769 bits per heavy atom. The van der Waals surface area contributed by atoms with Gasteiger partial charge >= 0.3 is 0 Å². The van der Waals surface area contributed by atoms with Gasteiger partial charge in [-0.1, -0.05) is 24.3 Å². The molecule has 0 aliphatic carbocycles. The van der Waals surface area contributed by atoms with Gasteiger partial charge < -0.3 is 5.32 Å². The van der Waals surface area contributed by atoms with Gasteiger partial charge in [0, 0.05) is 34.0 Å². The Balaban J connectivity index is 0.00000243. The van der Waals surface area contributed by atoms with E-state index in [-0.39, 0.29) is 18.2 Å². The maximum Gasteiger partial charge on any atom is 0.187 e. The smallest absolute Gasteiger partial charge is 0.187 e. The third-order valence-corrected chi connectivity index (χ3v) is 5.61. The van der Waals surface area contributed by atoms with Crippen molar-refractivity contribution in [2.24, 2.45) is 0 Å². The molecule has 0 amide bonds. The van der Waals surface area contributed by atoms with Crippen LogP contribution in [-0.2, 0) is 4.79 Å². The Labute approximate surface area is 169 Å². The van der Waals surface area contributed by atoms with Crippen molar-refractivity contribution in [3.05, 3.63) is 70.8 Å². The fourth-order valence-corrected chi connectivity index (χ4v) is 3.55. The molecule has 1 N–H and O–H groups in total. The largest absolute Gasteiger partial charge is 0.308 e. The zero-order valence-electron chi connectivity index (χ0n) is 14.8. The van der Waals surface area contributed by atoms with Gasteiger partial charge in [0.2, 0.25) is 0 Å². The topological polar surface area (TPSA) is 29.1 Å². The molecule has 0 spiro atoms. The van der Waals surface area contributed by atoms with Crippen molar-refractivity contribution in [2.45, 2.75) is 9.79 Å². The molecule has 0 unspecified atom stereocenters. The minimum Gasteiger partial charge on any atom is -0.308 e. The van der Waals surface area contributed by atoms with Gasteiger partial charge in [0.25, 0.3) is 0 Å². The van der Waals surface area contributed by atoms with Crippen LogP contribution in [0.3, 0.4) is 0 Å². The number of rotatable bonds is 4. The van der Waals surface area contributed by atoms with Gasteiger partial charge in [-0.05, 0) is 60.1 Å². The van der Waals surface area contributed by atoms with Crippen molar-refractivity contribution in [1.82, 2.24) is 5.32 Å². The molecule has 0 saturated carbocycles. The number of hydrogen-bond donors (Lipinski definition) is 1. The molecule has 2 nitrogen and oxygen atoms in total. The van der Waals surface area contributed by atoms with Crippen LogP contribution in [0.2, 0.25) is 0 Å². The predicted octanol–water partition coefficient (Wildman–Crippen LogP) is 5.19. The second-order valence-electron chi connectivity index (χ2n) is 5.82.